The topological polar surface area (TPSA) is 35.6 Å². The van der Waals surface area contributed by atoms with Crippen LogP contribution in [0.2, 0.25) is 0 Å². The van der Waals surface area contributed by atoms with Crippen LogP contribution in [0.3, 0.4) is 0 Å². The van der Waals surface area contributed by atoms with Crippen LogP contribution in [-0.2, 0) is 5.41 Å². The van der Waals surface area contributed by atoms with Crippen LogP contribution in [0.4, 0.5) is 0 Å². The molecule has 42 heavy (non-hydrogen) atoms. The molecule has 0 unspecified atom stereocenters. The van der Waals surface area contributed by atoms with E-state index < -0.39 is 0 Å². The third-order valence-corrected chi connectivity index (χ3v) is 8.28. The van der Waals surface area contributed by atoms with Gasteiger partial charge in [-0.25, -0.2) is 9.97 Å². The Kier molecular flexibility index (Phi) is 5.35. The van der Waals surface area contributed by atoms with Crippen molar-refractivity contribution in [2.45, 2.75) is 26.2 Å². The van der Waals surface area contributed by atoms with E-state index in [0.717, 1.165) is 55.9 Å². The lowest BCUT2D eigenvalue weighted by Crippen LogP contribution is -2.11. The number of para-hydroxylation sites is 2. The van der Waals surface area contributed by atoms with Crippen molar-refractivity contribution < 1.29 is 0 Å². The Balaban J connectivity index is 1.47. The first-order valence-electron chi connectivity index (χ1n) is 14.4. The Labute approximate surface area is 244 Å². The van der Waals surface area contributed by atoms with E-state index in [4.69, 9.17) is 9.97 Å². The van der Waals surface area contributed by atoms with E-state index in [1.165, 1.54) is 16.3 Å². The lowest BCUT2D eigenvalue weighted by atomic mass is 9.87. The summed E-state index contributed by atoms with van der Waals surface area (Å²) < 4.78 is 4.53. The van der Waals surface area contributed by atoms with E-state index in [1.807, 2.05) is 6.07 Å². The Hall–Kier alpha value is -5.22. The molecule has 8 aromatic rings. The largest absolute Gasteiger partial charge is 0.294 e. The molecule has 0 atom stereocenters. The van der Waals surface area contributed by atoms with E-state index in [2.05, 4.69) is 151 Å². The molecule has 0 aliphatic rings. The van der Waals surface area contributed by atoms with E-state index in [0.29, 0.717) is 0 Å². The van der Waals surface area contributed by atoms with E-state index in [9.17, 15) is 0 Å². The van der Waals surface area contributed by atoms with Gasteiger partial charge < -0.3 is 0 Å². The van der Waals surface area contributed by atoms with Crippen molar-refractivity contribution >= 4 is 43.9 Å². The van der Waals surface area contributed by atoms with Crippen molar-refractivity contribution in [3.05, 3.63) is 133 Å². The van der Waals surface area contributed by atoms with Crippen LogP contribution in [0.1, 0.15) is 26.3 Å². The fraction of sp³-hybridized carbons (Fsp3) is 0.105. The highest BCUT2D eigenvalue weighted by molar-refractivity contribution is 6.16. The fourth-order valence-electron chi connectivity index (χ4n) is 6.17. The number of nitrogens with zero attached hydrogens (tertiary/aromatic N) is 4. The number of rotatable bonds is 3. The monoisotopic (exact) mass is 542 g/mol. The third-order valence-electron chi connectivity index (χ3n) is 8.28. The second-order valence-electron chi connectivity index (χ2n) is 12.0. The highest BCUT2D eigenvalue weighted by atomic mass is 15.1. The van der Waals surface area contributed by atoms with Crippen LogP contribution < -0.4 is 0 Å². The first kappa shape index (κ1) is 24.6. The minimum atomic E-state index is 0.0390. The molecule has 0 saturated carbocycles. The molecular formula is C38H30N4. The highest BCUT2D eigenvalue weighted by Crippen LogP contribution is 2.38. The van der Waals surface area contributed by atoms with Gasteiger partial charge in [-0.3, -0.25) is 9.13 Å². The zero-order valence-electron chi connectivity index (χ0n) is 23.9. The second-order valence-corrected chi connectivity index (χ2v) is 12.0. The summed E-state index contributed by atoms with van der Waals surface area (Å²) in [6.07, 6.45) is 0. The van der Waals surface area contributed by atoms with Crippen LogP contribution in [-0.4, -0.2) is 19.1 Å². The van der Waals surface area contributed by atoms with Gasteiger partial charge in [0, 0.05) is 32.8 Å². The molecule has 4 aromatic carbocycles. The van der Waals surface area contributed by atoms with Gasteiger partial charge in [-0.05, 0) is 53.4 Å². The van der Waals surface area contributed by atoms with Gasteiger partial charge in [-0.15, -0.1) is 0 Å². The zero-order valence-corrected chi connectivity index (χ0v) is 23.9. The molecule has 202 valence electrons. The van der Waals surface area contributed by atoms with Crippen LogP contribution >= 0.6 is 0 Å². The van der Waals surface area contributed by atoms with Crippen LogP contribution in [0.15, 0.2) is 127 Å². The minimum Gasteiger partial charge on any atom is -0.294 e. The lowest BCUT2D eigenvalue weighted by Gasteiger charge is -2.20. The van der Waals surface area contributed by atoms with Crippen molar-refractivity contribution in [3.63, 3.8) is 0 Å². The van der Waals surface area contributed by atoms with Crippen LogP contribution in [0.25, 0.3) is 66.6 Å². The van der Waals surface area contributed by atoms with E-state index >= 15 is 0 Å². The van der Waals surface area contributed by atoms with Gasteiger partial charge >= 0.3 is 0 Å². The van der Waals surface area contributed by atoms with Gasteiger partial charge in [0.05, 0.1) is 16.7 Å². The standard InChI is InChI=1S/C38H30N4/c1-38(2,3)26-15-11-16-27(23-26)41-33-20-9-7-17-28(33)30-24-31-29-18-8-10-21-34(29)42(37(31)40-36(30)41)35-22-12-19-32(39-35)25-13-5-4-6-14-25/h4-24H,1-3H3. The van der Waals surface area contributed by atoms with Gasteiger partial charge in [0.1, 0.15) is 17.1 Å². The smallest absolute Gasteiger partial charge is 0.149 e. The number of hydrogen-bond acceptors (Lipinski definition) is 2. The predicted molar refractivity (Wildman–Crippen MR) is 175 cm³/mol. The van der Waals surface area contributed by atoms with Gasteiger partial charge in [-0.1, -0.05) is 106 Å². The molecule has 8 rings (SSSR count). The molecule has 0 saturated heterocycles. The van der Waals surface area contributed by atoms with E-state index in [-0.39, 0.29) is 5.41 Å². The summed E-state index contributed by atoms with van der Waals surface area (Å²) in [4.78, 5) is 10.6. The molecule has 0 bridgehead atoms. The molecule has 0 aliphatic heterocycles. The average molecular weight is 543 g/mol. The molecule has 4 aromatic heterocycles. The molecule has 4 nitrogen and oxygen atoms in total. The summed E-state index contributed by atoms with van der Waals surface area (Å²) in [6, 6.07) is 44.9. The number of fused-ring (bicyclic) bond motifs is 6. The SMILES string of the molecule is CC(C)(C)c1cccc(-n2c3ccccc3c3cc4c5ccccc5n(-c5cccc(-c6ccccc6)n5)c4nc32)c1. The van der Waals surface area contributed by atoms with Crippen LogP contribution in [0, 0.1) is 0 Å². The van der Waals surface area contributed by atoms with Crippen molar-refractivity contribution in [2.75, 3.05) is 0 Å². The Morgan fingerprint density at radius 3 is 1.83 bits per heavy atom. The van der Waals surface area contributed by atoms with Crippen molar-refractivity contribution in [1.29, 1.82) is 0 Å². The Morgan fingerprint density at radius 2 is 1.12 bits per heavy atom. The van der Waals surface area contributed by atoms with Crippen molar-refractivity contribution in [2.24, 2.45) is 0 Å². The average Bonchev–Trinajstić information content (AvgIpc) is 3.52. The summed E-state index contributed by atoms with van der Waals surface area (Å²) in [5, 5.41) is 4.63. The molecule has 0 radical (unpaired) electrons. The van der Waals surface area contributed by atoms with Gasteiger partial charge in [-0.2, -0.15) is 0 Å². The summed E-state index contributed by atoms with van der Waals surface area (Å²) >= 11 is 0. The summed E-state index contributed by atoms with van der Waals surface area (Å²) in [6.45, 7) is 6.78. The van der Waals surface area contributed by atoms with Gasteiger partial charge in [0.2, 0.25) is 0 Å². The Morgan fingerprint density at radius 1 is 0.500 bits per heavy atom. The zero-order chi connectivity index (χ0) is 28.4. The molecule has 0 spiro atoms. The molecule has 0 N–H and O–H groups in total. The molecule has 4 heterocycles. The quantitative estimate of drug-likeness (QED) is 0.223. The van der Waals surface area contributed by atoms with Crippen molar-refractivity contribution in [1.82, 2.24) is 19.1 Å². The number of benzene rings is 4. The van der Waals surface area contributed by atoms with E-state index in [1.54, 1.807) is 0 Å². The normalized spacial score (nSPS) is 12.2. The molecule has 0 fully saturated rings. The maximum Gasteiger partial charge on any atom is 0.149 e. The minimum absolute atomic E-state index is 0.0390. The molecule has 0 aliphatic carbocycles. The first-order chi connectivity index (χ1) is 20.5. The first-order valence-corrected chi connectivity index (χ1v) is 14.4. The fourth-order valence-corrected chi connectivity index (χ4v) is 6.17. The molecule has 4 heteroatoms. The summed E-state index contributed by atoms with van der Waals surface area (Å²) in [5.74, 6) is 0.854. The van der Waals surface area contributed by atoms with Gasteiger partial charge in [0.15, 0.2) is 0 Å². The number of pyridine rings is 2. The summed E-state index contributed by atoms with van der Waals surface area (Å²) in [5.41, 5.74) is 8.57. The highest BCUT2D eigenvalue weighted by Gasteiger charge is 2.21. The molecular weight excluding hydrogens is 512 g/mol. The Bertz CT molecular complexity index is 2280. The maximum absolute atomic E-state index is 5.48. The van der Waals surface area contributed by atoms with Crippen molar-refractivity contribution in [3.8, 4) is 22.8 Å². The maximum atomic E-state index is 5.48. The predicted octanol–water partition coefficient (Wildman–Crippen LogP) is 9.64. The number of aromatic nitrogens is 4. The molecule has 0 amide bonds. The lowest BCUT2D eigenvalue weighted by molar-refractivity contribution is 0.590. The van der Waals surface area contributed by atoms with Gasteiger partial charge in [0.25, 0.3) is 0 Å². The number of hydrogen-bond donors (Lipinski definition) is 0. The third kappa shape index (κ3) is 3.76. The van der Waals surface area contributed by atoms with Crippen LogP contribution in [0.5, 0.6) is 0 Å². The second kappa shape index (κ2) is 9.15. The summed E-state index contributed by atoms with van der Waals surface area (Å²) in [7, 11) is 0.